The minimum atomic E-state index is 0.124. The first kappa shape index (κ1) is 13.9. The van der Waals surface area contributed by atoms with E-state index in [2.05, 4.69) is 11.9 Å². The van der Waals surface area contributed by atoms with Crippen molar-refractivity contribution in [1.29, 1.82) is 0 Å². The second-order valence-corrected chi connectivity index (χ2v) is 5.01. The second kappa shape index (κ2) is 6.06. The molecule has 0 bridgehead atoms. The number of aryl methyl sites for hydroxylation is 1. The minimum absolute atomic E-state index is 0.124. The van der Waals surface area contributed by atoms with Crippen LogP contribution in [0.4, 0.5) is 0 Å². The van der Waals surface area contributed by atoms with E-state index in [1.54, 1.807) is 0 Å². The Morgan fingerprint density at radius 2 is 1.95 bits per heavy atom. The summed E-state index contributed by atoms with van der Waals surface area (Å²) in [4.78, 5) is 16.6. The van der Waals surface area contributed by atoms with Gasteiger partial charge in [0.15, 0.2) is 0 Å². The number of carbonyl (C=O) groups excluding carboxylic acids is 1. The van der Waals surface area contributed by atoms with Crippen LogP contribution < -0.4 is 4.74 Å². The maximum Gasteiger partial charge on any atom is 0.253 e. The molecule has 1 heterocycles. The number of amides is 1. The molecule has 19 heavy (non-hydrogen) atoms. The Morgan fingerprint density at radius 1 is 1.26 bits per heavy atom. The van der Waals surface area contributed by atoms with Crippen molar-refractivity contribution in [1.82, 2.24) is 9.80 Å². The van der Waals surface area contributed by atoms with Gasteiger partial charge in [0.2, 0.25) is 0 Å². The van der Waals surface area contributed by atoms with Crippen molar-refractivity contribution in [2.75, 3.05) is 39.8 Å². The van der Waals surface area contributed by atoms with Gasteiger partial charge in [-0.25, -0.2) is 0 Å². The number of carbonyl (C=O) groups is 1. The Hall–Kier alpha value is -1.55. The number of ether oxygens (including phenoxy) is 1. The molecule has 0 atom stereocenters. The summed E-state index contributed by atoms with van der Waals surface area (Å²) in [6.45, 7) is 8.09. The van der Waals surface area contributed by atoms with E-state index in [4.69, 9.17) is 4.74 Å². The number of benzene rings is 1. The lowest BCUT2D eigenvalue weighted by Crippen LogP contribution is -2.47. The van der Waals surface area contributed by atoms with Gasteiger partial charge in [0, 0.05) is 31.7 Å². The summed E-state index contributed by atoms with van der Waals surface area (Å²) in [6, 6.07) is 5.67. The molecule has 0 radical (unpaired) electrons. The van der Waals surface area contributed by atoms with Gasteiger partial charge in [0.1, 0.15) is 5.75 Å². The van der Waals surface area contributed by atoms with Crippen molar-refractivity contribution in [3.63, 3.8) is 0 Å². The second-order valence-electron chi connectivity index (χ2n) is 5.01. The van der Waals surface area contributed by atoms with Crippen molar-refractivity contribution in [3.05, 3.63) is 29.3 Å². The molecular weight excluding hydrogens is 240 g/mol. The standard InChI is InChI=1S/C15H22N2O2/c1-4-19-14-6-5-13(11-12(14)2)15(18)17-9-7-16(3)8-10-17/h5-6,11H,4,7-10H2,1-3H3. The summed E-state index contributed by atoms with van der Waals surface area (Å²) in [5.74, 6) is 0.983. The Bertz CT molecular complexity index is 451. The van der Waals surface area contributed by atoms with E-state index in [0.717, 1.165) is 43.1 Å². The van der Waals surface area contributed by atoms with Crippen molar-refractivity contribution in [3.8, 4) is 5.75 Å². The normalized spacial score (nSPS) is 16.5. The van der Waals surface area contributed by atoms with Crippen molar-refractivity contribution < 1.29 is 9.53 Å². The predicted octanol–water partition coefficient (Wildman–Crippen LogP) is 1.78. The minimum Gasteiger partial charge on any atom is -0.494 e. The first-order valence-corrected chi connectivity index (χ1v) is 6.83. The highest BCUT2D eigenvalue weighted by molar-refractivity contribution is 5.94. The van der Waals surface area contributed by atoms with Crippen LogP contribution in [0.2, 0.25) is 0 Å². The van der Waals surface area contributed by atoms with E-state index in [9.17, 15) is 4.79 Å². The van der Waals surface area contributed by atoms with E-state index < -0.39 is 0 Å². The van der Waals surface area contributed by atoms with Gasteiger partial charge in [0.25, 0.3) is 5.91 Å². The molecule has 0 unspecified atom stereocenters. The van der Waals surface area contributed by atoms with E-state index in [1.165, 1.54) is 0 Å². The van der Waals surface area contributed by atoms with Crippen LogP contribution in [0, 0.1) is 6.92 Å². The van der Waals surface area contributed by atoms with Gasteiger partial charge in [-0.3, -0.25) is 4.79 Å². The fourth-order valence-corrected chi connectivity index (χ4v) is 2.29. The number of nitrogens with zero attached hydrogens (tertiary/aromatic N) is 2. The summed E-state index contributed by atoms with van der Waals surface area (Å²) in [5, 5.41) is 0. The first-order valence-electron chi connectivity index (χ1n) is 6.83. The Morgan fingerprint density at radius 3 is 2.53 bits per heavy atom. The Kier molecular flexibility index (Phi) is 4.43. The molecule has 0 aliphatic carbocycles. The lowest BCUT2D eigenvalue weighted by atomic mass is 10.1. The molecule has 0 spiro atoms. The van der Waals surface area contributed by atoms with Crippen LogP contribution in [0.5, 0.6) is 5.75 Å². The highest BCUT2D eigenvalue weighted by Crippen LogP contribution is 2.20. The van der Waals surface area contributed by atoms with Crippen LogP contribution in [0.25, 0.3) is 0 Å². The molecule has 2 rings (SSSR count). The molecule has 1 aliphatic heterocycles. The number of hydrogen-bond donors (Lipinski definition) is 0. The monoisotopic (exact) mass is 262 g/mol. The molecule has 1 amide bonds. The molecule has 1 aliphatic rings. The van der Waals surface area contributed by atoms with Crippen molar-refractivity contribution in [2.24, 2.45) is 0 Å². The molecule has 0 aromatic heterocycles. The molecule has 0 saturated carbocycles. The van der Waals surface area contributed by atoms with Crippen molar-refractivity contribution >= 4 is 5.91 Å². The van der Waals surface area contributed by atoms with Gasteiger partial charge in [-0.1, -0.05) is 0 Å². The summed E-state index contributed by atoms with van der Waals surface area (Å²) in [5.41, 5.74) is 1.77. The highest BCUT2D eigenvalue weighted by Gasteiger charge is 2.20. The first-order chi connectivity index (χ1) is 9.11. The van der Waals surface area contributed by atoms with Gasteiger partial charge < -0.3 is 14.5 Å². The summed E-state index contributed by atoms with van der Waals surface area (Å²) in [6.07, 6.45) is 0. The molecular formula is C15H22N2O2. The topological polar surface area (TPSA) is 32.8 Å². The summed E-state index contributed by atoms with van der Waals surface area (Å²) < 4.78 is 5.50. The zero-order valence-corrected chi connectivity index (χ0v) is 12.0. The fourth-order valence-electron chi connectivity index (χ4n) is 2.29. The van der Waals surface area contributed by atoms with Gasteiger partial charge in [-0.2, -0.15) is 0 Å². The van der Waals surface area contributed by atoms with Crippen LogP contribution in [-0.2, 0) is 0 Å². The third-order valence-electron chi connectivity index (χ3n) is 3.51. The van der Waals surface area contributed by atoms with E-state index in [0.29, 0.717) is 6.61 Å². The van der Waals surface area contributed by atoms with Gasteiger partial charge in [-0.15, -0.1) is 0 Å². The van der Waals surface area contributed by atoms with Gasteiger partial charge >= 0.3 is 0 Å². The fraction of sp³-hybridized carbons (Fsp3) is 0.533. The molecule has 1 aromatic carbocycles. The summed E-state index contributed by atoms with van der Waals surface area (Å²) in [7, 11) is 2.09. The predicted molar refractivity (Wildman–Crippen MR) is 75.7 cm³/mol. The highest BCUT2D eigenvalue weighted by atomic mass is 16.5. The molecule has 1 fully saturated rings. The SMILES string of the molecule is CCOc1ccc(C(=O)N2CCN(C)CC2)cc1C. The van der Waals surface area contributed by atoms with Gasteiger partial charge in [0.05, 0.1) is 6.61 Å². The van der Waals surface area contributed by atoms with Crippen LogP contribution in [0.3, 0.4) is 0 Å². The number of likely N-dealkylation sites (N-methyl/N-ethyl adjacent to an activating group) is 1. The zero-order valence-electron chi connectivity index (χ0n) is 12.0. The molecule has 4 heteroatoms. The summed E-state index contributed by atoms with van der Waals surface area (Å²) >= 11 is 0. The average Bonchev–Trinajstić information content (AvgIpc) is 2.41. The van der Waals surface area contributed by atoms with E-state index >= 15 is 0 Å². The number of piperazine rings is 1. The van der Waals surface area contributed by atoms with Gasteiger partial charge in [-0.05, 0) is 44.7 Å². The third-order valence-corrected chi connectivity index (χ3v) is 3.51. The Labute approximate surface area is 115 Å². The van der Waals surface area contributed by atoms with Crippen LogP contribution in [0.15, 0.2) is 18.2 Å². The van der Waals surface area contributed by atoms with Crippen LogP contribution >= 0.6 is 0 Å². The number of rotatable bonds is 3. The van der Waals surface area contributed by atoms with E-state index in [-0.39, 0.29) is 5.91 Å². The lowest BCUT2D eigenvalue weighted by molar-refractivity contribution is 0.0664. The third kappa shape index (κ3) is 3.26. The molecule has 1 aromatic rings. The lowest BCUT2D eigenvalue weighted by Gasteiger charge is -2.32. The molecule has 1 saturated heterocycles. The average molecular weight is 262 g/mol. The van der Waals surface area contributed by atoms with E-state index in [1.807, 2.05) is 36.9 Å². The quantitative estimate of drug-likeness (QED) is 0.832. The Balaban J connectivity index is 2.09. The maximum atomic E-state index is 12.4. The van der Waals surface area contributed by atoms with Crippen LogP contribution in [0.1, 0.15) is 22.8 Å². The molecule has 104 valence electrons. The maximum absolute atomic E-state index is 12.4. The largest absolute Gasteiger partial charge is 0.494 e. The molecule has 4 nitrogen and oxygen atoms in total. The number of hydrogen-bond acceptors (Lipinski definition) is 3. The molecule has 0 N–H and O–H groups in total. The zero-order chi connectivity index (χ0) is 13.8. The smallest absolute Gasteiger partial charge is 0.253 e. The van der Waals surface area contributed by atoms with Crippen molar-refractivity contribution in [2.45, 2.75) is 13.8 Å². The van der Waals surface area contributed by atoms with Crippen LogP contribution in [-0.4, -0.2) is 55.5 Å².